The third-order valence-electron chi connectivity index (χ3n) is 5.52. The highest BCUT2D eigenvalue weighted by Gasteiger charge is 2.20. The van der Waals surface area contributed by atoms with E-state index in [9.17, 15) is 4.39 Å². The maximum absolute atomic E-state index is 13.2. The first-order valence-corrected chi connectivity index (χ1v) is 10.4. The van der Waals surface area contributed by atoms with Crippen molar-refractivity contribution >= 4 is 17.9 Å². The Balaban J connectivity index is 1.49. The summed E-state index contributed by atoms with van der Waals surface area (Å²) in [4.78, 5) is 4.66. The van der Waals surface area contributed by atoms with Crippen LogP contribution in [-0.2, 0) is 13.2 Å². The van der Waals surface area contributed by atoms with Crippen LogP contribution in [0.1, 0.15) is 12.5 Å². The Morgan fingerprint density at radius 3 is 2.34 bits per heavy atom. The van der Waals surface area contributed by atoms with Crippen LogP contribution < -0.4 is 4.90 Å². The Bertz CT molecular complexity index is 1030. The van der Waals surface area contributed by atoms with Crippen LogP contribution in [0.15, 0.2) is 48.5 Å². The number of benzene rings is 2. The first kappa shape index (κ1) is 19.8. The molecule has 1 aliphatic rings. The molecule has 5 nitrogen and oxygen atoms in total. The molecule has 0 N–H and O–H groups in total. The summed E-state index contributed by atoms with van der Waals surface area (Å²) >= 11 is 5.73. The number of hydrogen-bond acceptors (Lipinski definition) is 4. The van der Waals surface area contributed by atoms with Gasteiger partial charge in [0.25, 0.3) is 0 Å². The molecule has 1 aromatic heterocycles. The minimum atomic E-state index is -0.197. The van der Waals surface area contributed by atoms with E-state index in [2.05, 4.69) is 40.3 Å². The molecule has 2 heterocycles. The van der Waals surface area contributed by atoms with Gasteiger partial charge < -0.3 is 9.47 Å². The summed E-state index contributed by atoms with van der Waals surface area (Å²) in [6, 6.07) is 15.0. The molecule has 1 aliphatic heterocycles. The topological polar surface area (TPSA) is 29.2 Å². The Morgan fingerprint density at radius 1 is 1.00 bits per heavy atom. The second-order valence-corrected chi connectivity index (χ2v) is 7.75. The second kappa shape index (κ2) is 8.47. The molecular formula is C22H26FN5S. The van der Waals surface area contributed by atoms with Crippen LogP contribution in [0.25, 0.3) is 11.4 Å². The number of aryl methyl sites for hydroxylation is 1. The van der Waals surface area contributed by atoms with Crippen molar-refractivity contribution in [2.75, 3.05) is 31.1 Å². The van der Waals surface area contributed by atoms with Gasteiger partial charge in [0.1, 0.15) is 5.82 Å². The third-order valence-corrected chi connectivity index (χ3v) is 5.95. The molecule has 0 spiro atoms. The first-order valence-electron chi connectivity index (χ1n) is 10.0. The number of halogens is 1. The minimum Gasteiger partial charge on any atom is -0.369 e. The van der Waals surface area contributed by atoms with E-state index in [4.69, 9.17) is 17.3 Å². The largest absolute Gasteiger partial charge is 0.369 e. The van der Waals surface area contributed by atoms with E-state index < -0.39 is 0 Å². The molecular weight excluding hydrogens is 385 g/mol. The third kappa shape index (κ3) is 4.11. The number of rotatable bonds is 5. The van der Waals surface area contributed by atoms with E-state index in [-0.39, 0.29) is 5.82 Å². The monoisotopic (exact) mass is 411 g/mol. The Labute approximate surface area is 176 Å². The molecule has 2 aromatic carbocycles. The fourth-order valence-corrected chi connectivity index (χ4v) is 4.14. The van der Waals surface area contributed by atoms with Crippen LogP contribution in [0.3, 0.4) is 0 Å². The SMILES string of the molecule is CCn1c(-c2ccccc2C)nn(CN2CCN(c3ccc(F)cc3)CC2)c1=S. The van der Waals surface area contributed by atoms with E-state index in [0.29, 0.717) is 6.67 Å². The highest BCUT2D eigenvalue weighted by atomic mass is 32.1. The van der Waals surface area contributed by atoms with Gasteiger partial charge in [-0.2, -0.15) is 5.10 Å². The lowest BCUT2D eigenvalue weighted by Gasteiger charge is -2.35. The van der Waals surface area contributed by atoms with Crippen molar-refractivity contribution in [3.63, 3.8) is 0 Å². The summed E-state index contributed by atoms with van der Waals surface area (Å²) in [6.45, 7) is 9.31. The van der Waals surface area contributed by atoms with Crippen LogP contribution in [-0.4, -0.2) is 45.4 Å². The van der Waals surface area contributed by atoms with Gasteiger partial charge in [-0.15, -0.1) is 0 Å². The van der Waals surface area contributed by atoms with Crippen molar-refractivity contribution in [3.05, 3.63) is 64.7 Å². The molecule has 29 heavy (non-hydrogen) atoms. The van der Waals surface area contributed by atoms with Gasteiger partial charge in [-0.3, -0.25) is 4.90 Å². The van der Waals surface area contributed by atoms with Gasteiger partial charge in [0, 0.05) is 44.0 Å². The first-order chi connectivity index (χ1) is 14.1. The Kier molecular flexibility index (Phi) is 5.78. The fraction of sp³-hybridized carbons (Fsp3) is 0.364. The lowest BCUT2D eigenvalue weighted by molar-refractivity contribution is 0.194. The highest BCUT2D eigenvalue weighted by Crippen LogP contribution is 2.23. The number of anilines is 1. The summed E-state index contributed by atoms with van der Waals surface area (Å²) in [6.07, 6.45) is 0. The van der Waals surface area contributed by atoms with Crippen molar-refractivity contribution in [3.8, 4) is 11.4 Å². The van der Waals surface area contributed by atoms with E-state index in [1.165, 1.54) is 17.7 Å². The summed E-state index contributed by atoms with van der Waals surface area (Å²) < 4.78 is 18.0. The predicted molar refractivity (Wildman–Crippen MR) is 117 cm³/mol. The van der Waals surface area contributed by atoms with E-state index in [1.54, 1.807) is 0 Å². The average Bonchev–Trinajstić information content (AvgIpc) is 3.04. The molecule has 0 aliphatic carbocycles. The minimum absolute atomic E-state index is 0.197. The predicted octanol–water partition coefficient (Wildman–Crippen LogP) is 4.33. The normalized spacial score (nSPS) is 15.1. The number of hydrogen-bond donors (Lipinski definition) is 0. The molecule has 0 unspecified atom stereocenters. The zero-order valence-corrected chi connectivity index (χ0v) is 17.7. The van der Waals surface area contributed by atoms with Crippen LogP contribution >= 0.6 is 12.2 Å². The molecule has 1 fully saturated rings. The maximum Gasteiger partial charge on any atom is 0.199 e. The van der Waals surface area contributed by atoms with Gasteiger partial charge in [0.05, 0.1) is 6.67 Å². The van der Waals surface area contributed by atoms with Crippen molar-refractivity contribution in [1.82, 2.24) is 19.2 Å². The molecule has 0 saturated carbocycles. The molecule has 1 saturated heterocycles. The molecule has 0 atom stereocenters. The zero-order chi connectivity index (χ0) is 20.4. The molecule has 7 heteroatoms. The smallest absolute Gasteiger partial charge is 0.199 e. The Hall–Kier alpha value is -2.51. The van der Waals surface area contributed by atoms with Crippen molar-refractivity contribution in [2.45, 2.75) is 27.1 Å². The molecule has 152 valence electrons. The summed E-state index contributed by atoms with van der Waals surface area (Å²) in [5, 5.41) is 4.87. The highest BCUT2D eigenvalue weighted by molar-refractivity contribution is 7.71. The maximum atomic E-state index is 13.2. The Morgan fingerprint density at radius 2 is 1.69 bits per heavy atom. The van der Waals surface area contributed by atoms with E-state index in [0.717, 1.165) is 54.6 Å². The van der Waals surface area contributed by atoms with E-state index in [1.807, 2.05) is 28.9 Å². The molecule has 0 amide bonds. The van der Waals surface area contributed by atoms with Gasteiger partial charge in [-0.05, 0) is 55.9 Å². The number of nitrogens with zero attached hydrogens (tertiary/aromatic N) is 5. The van der Waals surface area contributed by atoms with Gasteiger partial charge >= 0.3 is 0 Å². The summed E-state index contributed by atoms with van der Waals surface area (Å²) in [5.41, 5.74) is 3.39. The van der Waals surface area contributed by atoms with Crippen molar-refractivity contribution < 1.29 is 4.39 Å². The van der Waals surface area contributed by atoms with Gasteiger partial charge in [0.15, 0.2) is 10.6 Å². The summed E-state index contributed by atoms with van der Waals surface area (Å²) in [5.74, 6) is 0.735. The quantitative estimate of drug-likeness (QED) is 0.585. The van der Waals surface area contributed by atoms with Crippen molar-refractivity contribution in [2.24, 2.45) is 0 Å². The van der Waals surface area contributed by atoms with Crippen molar-refractivity contribution in [1.29, 1.82) is 0 Å². The second-order valence-electron chi connectivity index (χ2n) is 7.39. The zero-order valence-electron chi connectivity index (χ0n) is 16.9. The van der Waals surface area contributed by atoms with Gasteiger partial charge in [-0.1, -0.05) is 24.3 Å². The van der Waals surface area contributed by atoms with Crippen LogP contribution in [0.5, 0.6) is 0 Å². The standard InChI is InChI=1S/C22H26FN5S/c1-3-27-21(20-7-5-4-6-17(20)2)24-28(22(27)29)16-25-12-14-26(15-13-25)19-10-8-18(23)9-11-19/h4-11H,3,12-16H2,1-2H3. The molecule has 0 bridgehead atoms. The van der Waals surface area contributed by atoms with Crippen LogP contribution in [0, 0.1) is 17.5 Å². The van der Waals surface area contributed by atoms with Crippen LogP contribution in [0.4, 0.5) is 10.1 Å². The molecule has 0 radical (unpaired) electrons. The van der Waals surface area contributed by atoms with E-state index >= 15 is 0 Å². The fourth-order valence-electron chi connectivity index (χ4n) is 3.83. The van der Waals surface area contributed by atoms with Gasteiger partial charge in [0.2, 0.25) is 0 Å². The number of aromatic nitrogens is 3. The van der Waals surface area contributed by atoms with Crippen LogP contribution in [0.2, 0.25) is 0 Å². The van der Waals surface area contributed by atoms with Gasteiger partial charge in [-0.25, -0.2) is 9.07 Å². The average molecular weight is 412 g/mol. The lowest BCUT2D eigenvalue weighted by Crippen LogP contribution is -2.47. The number of piperazine rings is 1. The lowest BCUT2D eigenvalue weighted by atomic mass is 10.1. The molecule has 4 rings (SSSR count). The summed E-state index contributed by atoms with van der Waals surface area (Å²) in [7, 11) is 0. The molecule has 3 aromatic rings.